The van der Waals surface area contributed by atoms with Crippen LogP contribution in [0.25, 0.3) is 27.6 Å². The molecule has 5 rings (SSSR count). The third kappa shape index (κ3) is 4.15. The Morgan fingerprint density at radius 1 is 1.09 bits per heavy atom. The summed E-state index contributed by atoms with van der Waals surface area (Å²) in [5, 5.41) is 8.87. The van der Waals surface area contributed by atoms with E-state index in [0.717, 1.165) is 23.2 Å². The average molecular weight is 441 g/mol. The lowest BCUT2D eigenvalue weighted by molar-refractivity contribution is -0.121. The molecule has 2 N–H and O–H groups in total. The largest absolute Gasteiger partial charge is 0.361 e. The number of H-pyrrole nitrogens is 1. The normalized spacial score (nSPS) is 11.3. The lowest BCUT2D eigenvalue weighted by Crippen LogP contribution is -2.29. The smallest absolute Gasteiger partial charge is 0.264 e. The van der Waals surface area contributed by atoms with Crippen LogP contribution in [0.1, 0.15) is 17.5 Å². The molecule has 0 atom stereocenters. The maximum Gasteiger partial charge on any atom is 0.264 e. The fourth-order valence-corrected chi connectivity index (χ4v) is 3.97. The van der Waals surface area contributed by atoms with Crippen molar-refractivity contribution >= 4 is 27.8 Å². The van der Waals surface area contributed by atoms with E-state index in [1.807, 2.05) is 55.6 Å². The number of amides is 1. The monoisotopic (exact) mass is 440 g/mol. The Hall–Kier alpha value is -4.20. The minimum Gasteiger partial charge on any atom is -0.361 e. The van der Waals surface area contributed by atoms with E-state index in [2.05, 4.69) is 26.4 Å². The van der Waals surface area contributed by atoms with Gasteiger partial charge in [-0.2, -0.15) is 5.10 Å². The van der Waals surface area contributed by atoms with E-state index in [-0.39, 0.29) is 24.4 Å². The van der Waals surface area contributed by atoms with Crippen LogP contribution in [0.2, 0.25) is 0 Å². The van der Waals surface area contributed by atoms with Crippen LogP contribution >= 0.6 is 0 Å². The summed E-state index contributed by atoms with van der Waals surface area (Å²) in [7, 11) is 0. The quantitative estimate of drug-likeness (QED) is 0.406. The Balaban J connectivity index is 1.21. The number of nitrogens with zero attached hydrogens (tertiary/aromatic N) is 4. The zero-order chi connectivity index (χ0) is 22.8. The van der Waals surface area contributed by atoms with E-state index >= 15 is 0 Å². The minimum atomic E-state index is -0.204. The molecular formula is C25H24N6O2. The molecule has 0 bridgehead atoms. The van der Waals surface area contributed by atoms with Gasteiger partial charge in [0, 0.05) is 36.6 Å². The van der Waals surface area contributed by atoms with Crippen molar-refractivity contribution in [3.63, 3.8) is 0 Å². The lowest BCUT2D eigenvalue weighted by Gasteiger charge is -2.08. The molecule has 1 amide bonds. The van der Waals surface area contributed by atoms with Gasteiger partial charge in [0.05, 0.1) is 18.2 Å². The van der Waals surface area contributed by atoms with Gasteiger partial charge in [-0.15, -0.1) is 0 Å². The van der Waals surface area contributed by atoms with E-state index in [9.17, 15) is 9.59 Å². The number of aromatic amines is 1. The van der Waals surface area contributed by atoms with E-state index in [0.29, 0.717) is 17.6 Å². The second-order valence-electron chi connectivity index (χ2n) is 8.08. The van der Waals surface area contributed by atoms with Crippen molar-refractivity contribution < 1.29 is 4.79 Å². The number of aryl methyl sites for hydroxylation is 2. The van der Waals surface area contributed by atoms with E-state index < -0.39 is 0 Å². The van der Waals surface area contributed by atoms with Crippen molar-refractivity contribution in [1.82, 2.24) is 29.6 Å². The highest BCUT2D eigenvalue weighted by Gasteiger charge is 2.12. The number of rotatable bonds is 7. The van der Waals surface area contributed by atoms with Gasteiger partial charge in [-0.3, -0.25) is 14.2 Å². The third-order valence-corrected chi connectivity index (χ3v) is 5.80. The van der Waals surface area contributed by atoms with E-state index in [1.165, 1.54) is 28.0 Å². The zero-order valence-electron chi connectivity index (χ0n) is 18.3. The molecular weight excluding hydrogens is 416 g/mol. The van der Waals surface area contributed by atoms with Crippen LogP contribution in [0.5, 0.6) is 0 Å². The first kappa shape index (κ1) is 20.7. The fraction of sp³-hybridized carbons (Fsp3) is 0.200. The highest BCUT2D eigenvalue weighted by Crippen LogP contribution is 2.18. The van der Waals surface area contributed by atoms with Crippen LogP contribution < -0.4 is 10.9 Å². The minimum absolute atomic E-state index is 0.0998. The average Bonchev–Trinajstić information content (AvgIpc) is 3.44. The van der Waals surface area contributed by atoms with Crippen molar-refractivity contribution in [2.24, 2.45) is 0 Å². The molecule has 33 heavy (non-hydrogen) atoms. The van der Waals surface area contributed by atoms with Gasteiger partial charge in [-0.1, -0.05) is 35.9 Å². The maximum absolute atomic E-state index is 12.9. The number of fused-ring (bicyclic) bond motifs is 2. The molecule has 0 aliphatic heterocycles. The fourth-order valence-electron chi connectivity index (χ4n) is 3.97. The van der Waals surface area contributed by atoms with Gasteiger partial charge in [0.15, 0.2) is 5.65 Å². The molecule has 8 nitrogen and oxygen atoms in total. The third-order valence-electron chi connectivity index (χ3n) is 5.80. The Morgan fingerprint density at radius 3 is 2.76 bits per heavy atom. The first-order chi connectivity index (χ1) is 16.1. The number of aromatic nitrogens is 5. The van der Waals surface area contributed by atoms with Crippen LogP contribution in [0, 0.1) is 6.92 Å². The summed E-state index contributed by atoms with van der Waals surface area (Å²) in [4.78, 5) is 32.9. The number of nitrogens with one attached hydrogen (secondary N) is 2. The van der Waals surface area contributed by atoms with Gasteiger partial charge in [0.25, 0.3) is 5.56 Å². The summed E-state index contributed by atoms with van der Waals surface area (Å²) in [5.41, 5.74) is 4.54. The standard InChI is InChI=1S/C25H24N6O2/c1-17-6-8-19(9-7-17)31-24-21(15-29-31)25(33)30(16-28-24)13-11-23(32)26-12-10-18-14-27-22-5-3-2-4-20(18)22/h2-9,14-16,27H,10-13H2,1H3,(H,26,32). The van der Waals surface area contributed by atoms with E-state index in [4.69, 9.17) is 0 Å². The van der Waals surface area contributed by atoms with Crippen LogP contribution in [0.4, 0.5) is 0 Å². The second kappa shape index (κ2) is 8.74. The van der Waals surface area contributed by atoms with Gasteiger partial charge in [0.2, 0.25) is 5.91 Å². The number of benzene rings is 2. The van der Waals surface area contributed by atoms with Crippen molar-refractivity contribution in [2.75, 3.05) is 6.54 Å². The lowest BCUT2D eigenvalue weighted by atomic mass is 10.1. The van der Waals surface area contributed by atoms with Crippen LogP contribution in [0.3, 0.4) is 0 Å². The van der Waals surface area contributed by atoms with Gasteiger partial charge < -0.3 is 10.3 Å². The number of hydrogen-bond acceptors (Lipinski definition) is 4. The molecule has 0 spiro atoms. The van der Waals surface area contributed by atoms with Gasteiger partial charge in [-0.05, 0) is 37.1 Å². The van der Waals surface area contributed by atoms with Crippen LogP contribution in [-0.2, 0) is 17.8 Å². The molecule has 2 aromatic carbocycles. The van der Waals surface area contributed by atoms with E-state index in [1.54, 1.807) is 4.68 Å². The van der Waals surface area contributed by atoms with Crippen molar-refractivity contribution in [2.45, 2.75) is 26.3 Å². The van der Waals surface area contributed by atoms with Crippen LogP contribution in [-0.4, -0.2) is 36.8 Å². The predicted octanol–water partition coefficient (Wildman–Crippen LogP) is 3.12. The summed E-state index contributed by atoms with van der Waals surface area (Å²) < 4.78 is 3.11. The molecule has 0 saturated heterocycles. The number of para-hydroxylation sites is 1. The second-order valence-corrected chi connectivity index (χ2v) is 8.08. The Morgan fingerprint density at radius 2 is 1.91 bits per heavy atom. The molecule has 5 aromatic rings. The summed E-state index contributed by atoms with van der Waals surface area (Å²) in [5.74, 6) is -0.0998. The topological polar surface area (TPSA) is 97.6 Å². The molecule has 0 fully saturated rings. The highest BCUT2D eigenvalue weighted by molar-refractivity contribution is 5.83. The predicted molar refractivity (Wildman–Crippen MR) is 127 cm³/mol. The maximum atomic E-state index is 12.9. The summed E-state index contributed by atoms with van der Waals surface area (Å²) >= 11 is 0. The zero-order valence-corrected chi connectivity index (χ0v) is 18.3. The molecule has 0 aliphatic carbocycles. The molecule has 0 aliphatic rings. The molecule has 0 saturated carbocycles. The first-order valence-corrected chi connectivity index (χ1v) is 10.9. The number of hydrogen-bond donors (Lipinski definition) is 2. The van der Waals surface area contributed by atoms with Crippen molar-refractivity contribution in [3.05, 3.63) is 88.7 Å². The van der Waals surface area contributed by atoms with Gasteiger partial charge >= 0.3 is 0 Å². The molecule has 0 radical (unpaired) electrons. The molecule has 3 heterocycles. The molecule has 3 aromatic heterocycles. The summed E-state index contributed by atoms with van der Waals surface area (Å²) in [6, 6.07) is 16.0. The number of carbonyl (C=O) groups is 1. The number of carbonyl (C=O) groups excluding carboxylic acids is 1. The SMILES string of the molecule is Cc1ccc(-n2ncc3c(=O)n(CCC(=O)NCCc4c[nH]c5ccccc45)cnc32)cc1. The van der Waals surface area contributed by atoms with Crippen LogP contribution in [0.15, 0.2) is 72.0 Å². The summed E-state index contributed by atoms with van der Waals surface area (Å²) in [6.45, 7) is 2.81. The molecule has 166 valence electrons. The Labute approximate surface area is 189 Å². The Bertz CT molecular complexity index is 1490. The van der Waals surface area contributed by atoms with Gasteiger partial charge in [-0.25, -0.2) is 9.67 Å². The summed E-state index contributed by atoms with van der Waals surface area (Å²) in [6.07, 6.45) is 5.93. The van der Waals surface area contributed by atoms with Crippen molar-refractivity contribution in [3.8, 4) is 5.69 Å². The molecule has 8 heteroatoms. The first-order valence-electron chi connectivity index (χ1n) is 10.9. The van der Waals surface area contributed by atoms with Gasteiger partial charge in [0.1, 0.15) is 5.39 Å². The molecule has 0 unspecified atom stereocenters. The Kier molecular flexibility index (Phi) is 5.48. The van der Waals surface area contributed by atoms with Crippen molar-refractivity contribution in [1.29, 1.82) is 0 Å². The highest BCUT2D eigenvalue weighted by atomic mass is 16.1.